The predicted molar refractivity (Wildman–Crippen MR) is 130 cm³/mol. The lowest BCUT2D eigenvalue weighted by Crippen LogP contribution is -2.55. The second-order valence-corrected chi connectivity index (χ2v) is 10.00. The van der Waals surface area contributed by atoms with Crippen LogP contribution in [0.4, 0.5) is 13.2 Å². The number of alkyl halides is 3. The number of benzene rings is 1. The number of rotatable bonds is 5. The fraction of sp³-hybridized carbons (Fsp3) is 0.400. The first-order valence-electron chi connectivity index (χ1n) is 12.0. The lowest BCUT2D eigenvalue weighted by molar-refractivity contribution is -0.137. The van der Waals surface area contributed by atoms with Gasteiger partial charge in [0.1, 0.15) is 12.0 Å². The van der Waals surface area contributed by atoms with Crippen molar-refractivity contribution in [2.45, 2.75) is 37.6 Å². The van der Waals surface area contributed by atoms with Crippen molar-refractivity contribution < 1.29 is 13.2 Å². The third-order valence-electron chi connectivity index (χ3n) is 7.33. The molecule has 5 heterocycles. The van der Waals surface area contributed by atoms with Crippen LogP contribution < -0.4 is 0 Å². The molecule has 7 nitrogen and oxygen atoms in total. The molecule has 36 heavy (non-hydrogen) atoms. The van der Waals surface area contributed by atoms with E-state index in [1.165, 1.54) is 12.1 Å². The molecule has 1 N–H and O–H groups in total. The fourth-order valence-electron chi connectivity index (χ4n) is 5.27. The number of nitrogens with one attached hydrogen (secondary N) is 1. The van der Waals surface area contributed by atoms with Crippen LogP contribution in [0.1, 0.15) is 30.0 Å². The van der Waals surface area contributed by atoms with E-state index >= 15 is 0 Å². The van der Waals surface area contributed by atoms with Crippen LogP contribution in [0.3, 0.4) is 0 Å². The molecule has 0 atom stereocenters. The van der Waals surface area contributed by atoms with Gasteiger partial charge in [-0.15, -0.1) is 0 Å². The van der Waals surface area contributed by atoms with Crippen molar-refractivity contribution in [3.8, 4) is 11.3 Å². The SMILES string of the molecule is FC(F)(F)c1ccc(Cl)c(CN2CCC(N3CC(n4cc(-c5ncnc6[nH]ccc56)cn4)C3)CC2)c1. The molecule has 0 aliphatic carbocycles. The number of halogens is 4. The van der Waals surface area contributed by atoms with Crippen LogP contribution in [-0.2, 0) is 12.7 Å². The molecular formula is C25H25ClF3N7. The highest BCUT2D eigenvalue weighted by Crippen LogP contribution is 2.34. The van der Waals surface area contributed by atoms with Gasteiger partial charge in [0.15, 0.2) is 0 Å². The van der Waals surface area contributed by atoms with Gasteiger partial charge in [-0.2, -0.15) is 18.3 Å². The molecule has 2 aliphatic heterocycles. The Bertz CT molecular complexity index is 1370. The van der Waals surface area contributed by atoms with E-state index in [1.54, 1.807) is 6.33 Å². The van der Waals surface area contributed by atoms with Gasteiger partial charge in [-0.3, -0.25) is 14.5 Å². The van der Waals surface area contributed by atoms with E-state index in [1.807, 2.05) is 23.1 Å². The van der Waals surface area contributed by atoms with Gasteiger partial charge in [0.2, 0.25) is 0 Å². The third-order valence-corrected chi connectivity index (χ3v) is 7.70. The molecule has 1 aromatic carbocycles. The summed E-state index contributed by atoms with van der Waals surface area (Å²) >= 11 is 6.20. The summed E-state index contributed by atoms with van der Waals surface area (Å²) < 4.78 is 41.3. The minimum atomic E-state index is -4.36. The van der Waals surface area contributed by atoms with Crippen molar-refractivity contribution in [2.75, 3.05) is 26.2 Å². The topological polar surface area (TPSA) is 65.9 Å². The number of aromatic amines is 1. The molecule has 0 bridgehead atoms. The fourth-order valence-corrected chi connectivity index (χ4v) is 5.45. The summed E-state index contributed by atoms with van der Waals surface area (Å²) in [5.74, 6) is 0. The highest BCUT2D eigenvalue weighted by Gasteiger charge is 2.36. The molecule has 0 spiro atoms. The Balaban J connectivity index is 1.03. The maximum atomic E-state index is 13.1. The quantitative estimate of drug-likeness (QED) is 0.404. The second-order valence-electron chi connectivity index (χ2n) is 9.59. The Kier molecular flexibility index (Phi) is 5.97. The Morgan fingerprint density at radius 2 is 1.86 bits per heavy atom. The van der Waals surface area contributed by atoms with Gasteiger partial charge in [0.25, 0.3) is 0 Å². The van der Waals surface area contributed by atoms with Crippen molar-refractivity contribution in [1.82, 2.24) is 34.5 Å². The van der Waals surface area contributed by atoms with Crippen LogP contribution in [0.25, 0.3) is 22.3 Å². The number of hydrogen-bond acceptors (Lipinski definition) is 5. The van der Waals surface area contributed by atoms with E-state index in [9.17, 15) is 13.2 Å². The average molecular weight is 516 g/mol. The Morgan fingerprint density at radius 1 is 1.06 bits per heavy atom. The van der Waals surface area contributed by atoms with Crippen molar-refractivity contribution >= 4 is 22.6 Å². The molecule has 188 valence electrons. The summed E-state index contributed by atoms with van der Waals surface area (Å²) in [7, 11) is 0. The van der Waals surface area contributed by atoms with Crippen LogP contribution in [0.15, 0.2) is 49.2 Å². The van der Waals surface area contributed by atoms with Gasteiger partial charge in [0, 0.05) is 54.0 Å². The van der Waals surface area contributed by atoms with E-state index in [0.29, 0.717) is 29.2 Å². The van der Waals surface area contributed by atoms with Crippen LogP contribution in [0.2, 0.25) is 5.02 Å². The molecule has 4 aromatic rings. The van der Waals surface area contributed by atoms with E-state index in [-0.39, 0.29) is 0 Å². The standard InChI is InChI=1S/C25H25ClF3N7/c26-22-2-1-18(25(27,28)29)9-16(22)11-34-7-4-19(5-8-34)35-13-20(14-35)36-12-17(10-33-36)23-21-3-6-30-24(21)32-15-31-23/h1-3,6,9-10,12,15,19-20H,4-5,7-8,11,13-14H2,(H,30,31,32). The maximum absolute atomic E-state index is 13.1. The van der Waals surface area contributed by atoms with E-state index in [4.69, 9.17) is 11.6 Å². The number of nitrogens with zero attached hydrogens (tertiary/aromatic N) is 6. The van der Waals surface area contributed by atoms with E-state index in [0.717, 1.165) is 67.4 Å². The number of H-pyrrole nitrogens is 1. The smallest absolute Gasteiger partial charge is 0.346 e. The summed E-state index contributed by atoms with van der Waals surface area (Å²) in [6.45, 7) is 3.99. The molecule has 6 rings (SSSR count). The van der Waals surface area contributed by atoms with Gasteiger partial charge in [-0.1, -0.05) is 11.6 Å². The van der Waals surface area contributed by atoms with Crippen LogP contribution >= 0.6 is 11.6 Å². The Hall–Kier alpha value is -2.95. The molecule has 2 saturated heterocycles. The molecule has 2 fully saturated rings. The maximum Gasteiger partial charge on any atom is 0.416 e. The van der Waals surface area contributed by atoms with Crippen molar-refractivity contribution in [3.05, 3.63) is 65.3 Å². The van der Waals surface area contributed by atoms with Crippen molar-refractivity contribution in [3.63, 3.8) is 0 Å². The first-order valence-corrected chi connectivity index (χ1v) is 12.4. The number of likely N-dealkylation sites (tertiary alicyclic amines) is 2. The summed E-state index contributed by atoms with van der Waals surface area (Å²) in [5, 5.41) is 5.96. The van der Waals surface area contributed by atoms with E-state index < -0.39 is 11.7 Å². The Morgan fingerprint density at radius 3 is 2.64 bits per heavy atom. The number of hydrogen-bond donors (Lipinski definition) is 1. The highest BCUT2D eigenvalue weighted by atomic mass is 35.5. The third kappa shape index (κ3) is 4.49. The largest absolute Gasteiger partial charge is 0.416 e. The highest BCUT2D eigenvalue weighted by molar-refractivity contribution is 6.31. The average Bonchev–Trinajstić information content (AvgIpc) is 3.50. The molecule has 3 aromatic heterocycles. The normalized spacial score (nSPS) is 18.7. The number of piperidine rings is 1. The molecular weight excluding hydrogens is 491 g/mol. The molecule has 0 saturated carbocycles. The molecule has 11 heteroatoms. The van der Waals surface area contributed by atoms with E-state index in [2.05, 4.69) is 36.0 Å². The minimum Gasteiger partial charge on any atom is -0.346 e. The van der Waals surface area contributed by atoms with Crippen LogP contribution in [-0.4, -0.2) is 66.8 Å². The van der Waals surface area contributed by atoms with Gasteiger partial charge >= 0.3 is 6.18 Å². The second kappa shape index (κ2) is 9.17. The molecule has 0 amide bonds. The number of aromatic nitrogens is 5. The summed E-state index contributed by atoms with van der Waals surface area (Å²) in [5.41, 5.74) is 2.54. The first-order chi connectivity index (χ1) is 17.3. The molecule has 0 radical (unpaired) electrons. The molecule has 0 unspecified atom stereocenters. The van der Waals surface area contributed by atoms with Gasteiger partial charge in [-0.05, 0) is 55.8 Å². The zero-order valence-electron chi connectivity index (χ0n) is 19.4. The van der Waals surface area contributed by atoms with Gasteiger partial charge in [0.05, 0.1) is 23.5 Å². The molecule has 2 aliphatic rings. The van der Waals surface area contributed by atoms with Crippen molar-refractivity contribution in [1.29, 1.82) is 0 Å². The zero-order chi connectivity index (χ0) is 24.9. The minimum absolute atomic E-state index is 0.323. The van der Waals surface area contributed by atoms with Crippen molar-refractivity contribution in [2.24, 2.45) is 0 Å². The summed E-state index contributed by atoms with van der Waals surface area (Å²) in [4.78, 5) is 16.5. The predicted octanol–water partition coefficient (Wildman–Crippen LogP) is 5.01. The van der Waals surface area contributed by atoms with Crippen LogP contribution in [0, 0.1) is 0 Å². The lowest BCUT2D eigenvalue weighted by Gasteiger charge is -2.47. The first kappa shape index (κ1) is 23.4. The monoisotopic (exact) mass is 515 g/mol. The Labute approximate surface area is 210 Å². The van der Waals surface area contributed by atoms with Gasteiger partial charge < -0.3 is 4.98 Å². The zero-order valence-corrected chi connectivity index (χ0v) is 20.2. The lowest BCUT2D eigenvalue weighted by atomic mass is 9.97. The van der Waals surface area contributed by atoms with Gasteiger partial charge in [-0.25, -0.2) is 9.97 Å². The van der Waals surface area contributed by atoms with Crippen LogP contribution in [0.5, 0.6) is 0 Å². The summed E-state index contributed by atoms with van der Waals surface area (Å²) in [6.07, 6.45) is 4.94. The number of fused-ring (bicyclic) bond motifs is 1. The summed E-state index contributed by atoms with van der Waals surface area (Å²) in [6, 6.07) is 6.33.